The molecule has 0 bridgehead atoms. The van der Waals surface area contributed by atoms with Crippen molar-refractivity contribution < 1.29 is 29.3 Å². The van der Waals surface area contributed by atoms with Gasteiger partial charge in [0.05, 0.1) is 6.42 Å². The fraction of sp³-hybridized carbons (Fsp3) is 0.400. The van der Waals surface area contributed by atoms with Crippen molar-refractivity contribution in [3.05, 3.63) is 35.9 Å². The van der Waals surface area contributed by atoms with E-state index in [0.29, 0.717) is 0 Å². The summed E-state index contributed by atoms with van der Waals surface area (Å²) < 4.78 is 4.57. The van der Waals surface area contributed by atoms with Crippen LogP contribution >= 0.6 is 0 Å². The van der Waals surface area contributed by atoms with Gasteiger partial charge in [-0.25, -0.2) is 20.0 Å². The third-order valence-corrected chi connectivity index (χ3v) is 2.82. The Morgan fingerprint density at radius 3 is 2.30 bits per heavy atom. The molecule has 0 aliphatic rings. The van der Waals surface area contributed by atoms with E-state index >= 15 is 0 Å². The Kier molecular flexibility index (Phi) is 7.33. The van der Waals surface area contributed by atoms with E-state index in [1.165, 1.54) is 5.01 Å². The number of carbonyl (C=O) groups is 3. The number of rotatable bonds is 8. The molecule has 1 unspecified atom stereocenters. The predicted molar refractivity (Wildman–Crippen MR) is 80.1 cm³/mol. The van der Waals surface area contributed by atoms with Crippen LogP contribution in [0.2, 0.25) is 0 Å². The molecule has 2 atom stereocenters. The van der Waals surface area contributed by atoms with Crippen LogP contribution in [0.25, 0.3) is 0 Å². The summed E-state index contributed by atoms with van der Waals surface area (Å²) in [4.78, 5) is 34.1. The first kappa shape index (κ1) is 18.8. The molecule has 0 aromatic heterocycles. The van der Waals surface area contributed by atoms with Gasteiger partial charge in [-0.15, -0.1) is 0 Å². The maximum Gasteiger partial charge on any atom is 0.343 e. The van der Waals surface area contributed by atoms with Crippen LogP contribution in [-0.4, -0.2) is 59.4 Å². The number of aliphatic carboxylic acids is 1. The second-order valence-corrected chi connectivity index (χ2v) is 5.12. The maximum atomic E-state index is 12.1. The smallest absolute Gasteiger partial charge is 0.343 e. The molecule has 0 spiro atoms. The van der Waals surface area contributed by atoms with E-state index in [9.17, 15) is 19.5 Å². The van der Waals surface area contributed by atoms with Crippen molar-refractivity contribution in [3.63, 3.8) is 0 Å². The average Bonchev–Trinajstić information content (AvgIpc) is 2.46. The van der Waals surface area contributed by atoms with Gasteiger partial charge in [0.25, 0.3) is 0 Å². The van der Waals surface area contributed by atoms with E-state index in [1.54, 1.807) is 14.1 Å². The van der Waals surface area contributed by atoms with Gasteiger partial charge in [-0.1, -0.05) is 30.3 Å². The topological polar surface area (TPSA) is 116 Å². The molecule has 8 heteroatoms. The Bertz CT molecular complexity index is 546. The lowest BCUT2D eigenvalue weighted by Gasteiger charge is -2.21. The summed E-state index contributed by atoms with van der Waals surface area (Å²) in [5.41, 5.74) is 3.67. The molecule has 8 nitrogen and oxygen atoms in total. The number of esters is 2. The van der Waals surface area contributed by atoms with Crippen LogP contribution in [0.15, 0.2) is 30.3 Å². The Morgan fingerprint density at radius 2 is 1.78 bits per heavy atom. The zero-order valence-electron chi connectivity index (χ0n) is 12.9. The van der Waals surface area contributed by atoms with E-state index < -0.39 is 36.5 Å². The molecular weight excluding hydrogens is 304 g/mol. The third kappa shape index (κ3) is 7.00. The monoisotopic (exact) mass is 324 g/mol. The number of ether oxygens (including phenoxy) is 1. The largest absolute Gasteiger partial charge is 0.481 e. The van der Waals surface area contributed by atoms with E-state index in [2.05, 4.69) is 10.2 Å². The molecule has 3 N–H and O–H groups in total. The number of carbonyl (C=O) groups excluding carboxylic acids is 2. The number of aliphatic hydroxyl groups is 1. The number of nitrogens with one attached hydrogen (secondary N) is 1. The number of carboxylic acids is 1. The van der Waals surface area contributed by atoms with Crippen LogP contribution in [-0.2, 0) is 25.5 Å². The molecule has 0 aliphatic carbocycles. The number of hydrazine groups is 1. The second-order valence-electron chi connectivity index (χ2n) is 5.12. The van der Waals surface area contributed by atoms with Crippen LogP contribution in [0.3, 0.4) is 0 Å². The van der Waals surface area contributed by atoms with Gasteiger partial charge in [0.2, 0.25) is 0 Å². The van der Waals surface area contributed by atoms with Crippen molar-refractivity contribution >= 4 is 17.9 Å². The molecular formula is C15H20N2O6. The van der Waals surface area contributed by atoms with E-state index in [-0.39, 0.29) is 6.42 Å². The zero-order valence-corrected chi connectivity index (χ0v) is 12.9. The van der Waals surface area contributed by atoms with Gasteiger partial charge in [0, 0.05) is 14.1 Å². The Labute approximate surface area is 133 Å². The number of hydrogen-bond acceptors (Lipinski definition) is 7. The summed E-state index contributed by atoms with van der Waals surface area (Å²) in [5, 5.41) is 19.4. The Morgan fingerprint density at radius 1 is 1.17 bits per heavy atom. The minimum absolute atomic E-state index is 0.264. The molecule has 0 fully saturated rings. The van der Waals surface area contributed by atoms with E-state index in [1.807, 2.05) is 30.3 Å². The molecule has 0 aliphatic heterocycles. The highest BCUT2D eigenvalue weighted by Gasteiger charge is 2.28. The first-order valence-corrected chi connectivity index (χ1v) is 6.92. The molecule has 1 aromatic carbocycles. The number of hydrogen-bond donors (Lipinski definition) is 3. The Hall–Kier alpha value is -2.29. The second kappa shape index (κ2) is 8.99. The SMILES string of the molecule is CN(C)N[C@@H](Cc1ccccc1)C(=O)OC(=O)C(O)CC(=O)O. The van der Waals surface area contributed by atoms with Crippen molar-refractivity contribution in [2.45, 2.75) is 25.0 Å². The molecule has 1 rings (SSSR count). The van der Waals surface area contributed by atoms with Crippen molar-refractivity contribution in [1.82, 2.24) is 10.4 Å². The molecule has 1 aromatic rings. The highest BCUT2D eigenvalue weighted by Crippen LogP contribution is 2.06. The number of benzene rings is 1. The lowest BCUT2D eigenvalue weighted by molar-refractivity contribution is -0.170. The van der Waals surface area contributed by atoms with E-state index in [0.717, 1.165) is 5.56 Å². The zero-order chi connectivity index (χ0) is 17.4. The summed E-state index contributed by atoms with van der Waals surface area (Å²) in [5.74, 6) is -3.54. The highest BCUT2D eigenvalue weighted by molar-refractivity contribution is 5.91. The van der Waals surface area contributed by atoms with Crippen LogP contribution in [0, 0.1) is 0 Å². The predicted octanol–water partition coefficient (Wildman–Crippen LogP) is -0.431. The first-order valence-electron chi connectivity index (χ1n) is 6.92. The van der Waals surface area contributed by atoms with Crippen molar-refractivity contribution in [1.29, 1.82) is 0 Å². The molecule has 126 valence electrons. The Balaban J connectivity index is 2.72. The first-order chi connectivity index (χ1) is 10.8. The summed E-state index contributed by atoms with van der Waals surface area (Å²) in [6.07, 6.45) is -2.44. The molecule has 0 heterocycles. The quantitative estimate of drug-likeness (QED) is 0.335. The van der Waals surface area contributed by atoms with Crippen LogP contribution in [0.4, 0.5) is 0 Å². The molecule has 0 saturated carbocycles. The van der Waals surface area contributed by atoms with Crippen molar-refractivity contribution in [2.24, 2.45) is 0 Å². The normalized spacial score (nSPS) is 13.4. The van der Waals surface area contributed by atoms with Gasteiger partial charge in [0.1, 0.15) is 6.04 Å². The van der Waals surface area contributed by atoms with E-state index in [4.69, 9.17) is 5.11 Å². The van der Waals surface area contributed by atoms with Gasteiger partial charge in [-0.2, -0.15) is 0 Å². The average molecular weight is 324 g/mol. The van der Waals surface area contributed by atoms with Crippen molar-refractivity contribution in [3.8, 4) is 0 Å². The molecule has 0 saturated heterocycles. The summed E-state index contributed by atoms with van der Waals surface area (Å²) >= 11 is 0. The maximum absolute atomic E-state index is 12.1. The van der Waals surface area contributed by atoms with Crippen molar-refractivity contribution in [2.75, 3.05) is 14.1 Å². The third-order valence-electron chi connectivity index (χ3n) is 2.82. The van der Waals surface area contributed by atoms with Crippen LogP contribution in [0.1, 0.15) is 12.0 Å². The standard InChI is InChI=1S/C15H20N2O6/c1-17(2)16-11(8-10-6-4-3-5-7-10)14(21)23-15(22)12(18)9-13(19)20/h3-7,11-12,16,18H,8-9H2,1-2H3,(H,19,20)/t11-,12?/m0/s1. The molecule has 0 amide bonds. The fourth-order valence-electron chi connectivity index (χ4n) is 1.83. The minimum atomic E-state index is -1.88. The fourth-order valence-corrected chi connectivity index (χ4v) is 1.83. The number of aliphatic hydroxyl groups excluding tert-OH is 1. The minimum Gasteiger partial charge on any atom is -0.481 e. The van der Waals surface area contributed by atoms with Gasteiger partial charge < -0.3 is 14.9 Å². The number of carboxylic acid groups (broad SMARTS) is 1. The van der Waals surface area contributed by atoms with Crippen LogP contribution in [0.5, 0.6) is 0 Å². The lowest BCUT2D eigenvalue weighted by atomic mass is 10.1. The highest BCUT2D eigenvalue weighted by atomic mass is 16.6. The lowest BCUT2D eigenvalue weighted by Crippen LogP contribution is -2.48. The summed E-state index contributed by atoms with van der Waals surface area (Å²) in [6, 6.07) is 8.25. The van der Waals surface area contributed by atoms with Gasteiger partial charge in [-0.3, -0.25) is 4.79 Å². The summed E-state index contributed by atoms with van der Waals surface area (Å²) in [6.45, 7) is 0. The molecule has 23 heavy (non-hydrogen) atoms. The number of nitrogens with zero attached hydrogens (tertiary/aromatic N) is 1. The van der Waals surface area contributed by atoms with Crippen LogP contribution < -0.4 is 5.43 Å². The van der Waals surface area contributed by atoms with Gasteiger partial charge in [0.15, 0.2) is 6.10 Å². The summed E-state index contributed by atoms with van der Waals surface area (Å²) in [7, 11) is 3.35. The van der Waals surface area contributed by atoms with Gasteiger partial charge in [-0.05, 0) is 12.0 Å². The van der Waals surface area contributed by atoms with Gasteiger partial charge >= 0.3 is 17.9 Å². The molecule has 0 radical (unpaired) electrons.